The number of likely N-dealkylation sites (tertiary alicyclic amines) is 1. The average Bonchev–Trinajstić information content (AvgIpc) is 3.43. The lowest BCUT2D eigenvalue weighted by molar-refractivity contribution is -0.128. The number of piperazine rings is 1. The van der Waals surface area contributed by atoms with E-state index in [2.05, 4.69) is 54.6 Å². The van der Waals surface area contributed by atoms with Crippen molar-refractivity contribution in [3.8, 4) is 12.1 Å². The van der Waals surface area contributed by atoms with Crippen LogP contribution in [0.1, 0.15) is 67.1 Å². The van der Waals surface area contributed by atoms with Crippen LogP contribution in [0.3, 0.4) is 0 Å². The molecule has 0 N–H and O–H groups in total. The van der Waals surface area contributed by atoms with Gasteiger partial charge < -0.3 is 19.4 Å². The van der Waals surface area contributed by atoms with Crippen LogP contribution in [-0.4, -0.2) is 88.6 Å². The second-order valence-corrected chi connectivity index (χ2v) is 12.7. The maximum atomic E-state index is 14.3. The number of thioether (sulfide) groups is 1. The molecule has 1 aromatic heterocycles. The van der Waals surface area contributed by atoms with Crippen LogP contribution in [0.4, 0.5) is 5.82 Å². The zero-order valence-electron chi connectivity index (χ0n) is 24.8. The van der Waals surface area contributed by atoms with Gasteiger partial charge in [-0.25, -0.2) is 0 Å². The van der Waals surface area contributed by atoms with E-state index in [4.69, 9.17) is 14.7 Å². The van der Waals surface area contributed by atoms with Crippen molar-refractivity contribution in [2.75, 3.05) is 44.7 Å². The van der Waals surface area contributed by atoms with Crippen molar-refractivity contribution in [1.29, 1.82) is 5.26 Å². The van der Waals surface area contributed by atoms with Gasteiger partial charge in [0.1, 0.15) is 18.1 Å². The summed E-state index contributed by atoms with van der Waals surface area (Å²) in [4.78, 5) is 43.7. The lowest BCUT2D eigenvalue weighted by Gasteiger charge is -2.41. The van der Waals surface area contributed by atoms with Gasteiger partial charge in [0.25, 0.3) is 0 Å². The summed E-state index contributed by atoms with van der Waals surface area (Å²) in [5.41, 5.74) is 2.49. The van der Waals surface area contributed by atoms with Gasteiger partial charge in [0.15, 0.2) is 5.78 Å². The lowest BCUT2D eigenvalue weighted by atomic mass is 9.92. The summed E-state index contributed by atoms with van der Waals surface area (Å²) in [6.45, 7) is 10.7. The van der Waals surface area contributed by atoms with Crippen LogP contribution in [0.15, 0.2) is 41.8 Å². The number of aromatic nitrogens is 2. The Bertz CT molecular complexity index is 1380. The largest absolute Gasteiger partial charge is 0.462 e. The molecule has 4 atom stereocenters. The van der Waals surface area contributed by atoms with Gasteiger partial charge in [-0.15, -0.1) is 11.8 Å². The number of fused-ring (bicyclic) bond motifs is 1. The molecular weight excluding hydrogens is 548 g/mol. The van der Waals surface area contributed by atoms with Crippen molar-refractivity contribution in [2.45, 2.75) is 74.1 Å². The van der Waals surface area contributed by atoms with Crippen molar-refractivity contribution in [1.82, 2.24) is 19.8 Å². The summed E-state index contributed by atoms with van der Waals surface area (Å²) in [5, 5.41) is 9.25. The molecule has 1 aromatic carbocycles. The number of carbonyl (C=O) groups is 2. The number of anilines is 1. The zero-order valence-corrected chi connectivity index (χ0v) is 25.6. The minimum Gasteiger partial charge on any atom is -0.462 e. The third-order valence-electron chi connectivity index (χ3n) is 8.77. The standard InChI is InChI=1S/C32H40N6O3S/c1-5-24-29(30(40)27-18-21(3)25-11-7-8-12-26(25)42-27)34-32(41-20-23-10-9-15-36(23)4)35-31(24)37-16-17-38(28(39)6-2)22(19-37)13-14-33/h6-8,11-12,21-23,27H,2,5,9-10,13,15-20H2,1,3-4H3/t21?,22?,23?,27-/m1/s1. The summed E-state index contributed by atoms with van der Waals surface area (Å²) < 4.78 is 6.22. The molecule has 4 heterocycles. The van der Waals surface area contributed by atoms with Gasteiger partial charge in [-0.1, -0.05) is 38.6 Å². The molecule has 0 saturated carbocycles. The summed E-state index contributed by atoms with van der Waals surface area (Å²) in [5.74, 6) is 0.739. The predicted molar refractivity (Wildman–Crippen MR) is 164 cm³/mol. The highest BCUT2D eigenvalue weighted by molar-refractivity contribution is 8.00. The van der Waals surface area contributed by atoms with Crippen molar-refractivity contribution < 1.29 is 14.3 Å². The van der Waals surface area contributed by atoms with Crippen LogP contribution >= 0.6 is 11.8 Å². The molecule has 3 aliphatic heterocycles. The molecule has 222 valence electrons. The van der Waals surface area contributed by atoms with Gasteiger partial charge in [-0.3, -0.25) is 9.59 Å². The van der Waals surface area contributed by atoms with Gasteiger partial charge in [-0.2, -0.15) is 15.2 Å². The van der Waals surface area contributed by atoms with Gasteiger partial charge in [0, 0.05) is 36.1 Å². The number of benzene rings is 1. The molecule has 0 radical (unpaired) electrons. The van der Waals surface area contributed by atoms with Crippen LogP contribution in [0.5, 0.6) is 6.01 Å². The quantitative estimate of drug-likeness (QED) is 0.310. The van der Waals surface area contributed by atoms with E-state index in [-0.39, 0.29) is 47.4 Å². The normalized spacial score (nSPS) is 24.1. The lowest BCUT2D eigenvalue weighted by Crippen LogP contribution is -2.55. The van der Waals surface area contributed by atoms with Crippen molar-refractivity contribution in [3.63, 3.8) is 0 Å². The molecule has 0 spiro atoms. The second kappa shape index (κ2) is 13.3. The highest BCUT2D eigenvalue weighted by Gasteiger charge is 2.36. The smallest absolute Gasteiger partial charge is 0.319 e. The Hall–Kier alpha value is -3.42. The Morgan fingerprint density at radius 1 is 1.21 bits per heavy atom. The van der Waals surface area contributed by atoms with Crippen LogP contribution in [0.2, 0.25) is 0 Å². The Kier molecular flexibility index (Phi) is 9.49. The number of nitriles is 1. The van der Waals surface area contributed by atoms with Crippen LogP contribution in [0.25, 0.3) is 0 Å². The first kappa shape index (κ1) is 30.1. The first-order valence-electron chi connectivity index (χ1n) is 14.9. The molecule has 3 unspecified atom stereocenters. The summed E-state index contributed by atoms with van der Waals surface area (Å²) >= 11 is 1.62. The van der Waals surface area contributed by atoms with E-state index < -0.39 is 0 Å². The monoisotopic (exact) mass is 588 g/mol. The molecule has 0 bridgehead atoms. The maximum Gasteiger partial charge on any atom is 0.319 e. The number of hydrogen-bond acceptors (Lipinski definition) is 9. The van der Waals surface area contributed by atoms with E-state index in [1.54, 1.807) is 16.7 Å². The molecule has 1 amide bonds. The minimum absolute atomic E-state index is 0.00117. The Morgan fingerprint density at radius 3 is 2.74 bits per heavy atom. The molecule has 0 aliphatic carbocycles. The molecule has 2 fully saturated rings. The third kappa shape index (κ3) is 6.18. The maximum absolute atomic E-state index is 14.3. The van der Waals surface area contributed by atoms with E-state index in [0.29, 0.717) is 44.2 Å². The molecule has 5 rings (SSSR count). The number of amides is 1. The van der Waals surface area contributed by atoms with Crippen molar-refractivity contribution in [2.24, 2.45) is 0 Å². The van der Waals surface area contributed by atoms with Gasteiger partial charge >= 0.3 is 6.01 Å². The third-order valence-corrected chi connectivity index (χ3v) is 10.1. The van der Waals surface area contributed by atoms with Gasteiger partial charge in [0.2, 0.25) is 5.91 Å². The van der Waals surface area contributed by atoms with E-state index in [0.717, 1.165) is 36.3 Å². The van der Waals surface area contributed by atoms with Crippen molar-refractivity contribution >= 4 is 29.3 Å². The molecule has 2 saturated heterocycles. The van der Waals surface area contributed by atoms with E-state index in [1.807, 2.05) is 13.0 Å². The fourth-order valence-electron chi connectivity index (χ4n) is 6.36. The van der Waals surface area contributed by atoms with Crippen LogP contribution < -0.4 is 9.64 Å². The van der Waals surface area contributed by atoms with Crippen LogP contribution in [0, 0.1) is 11.3 Å². The highest BCUT2D eigenvalue weighted by atomic mass is 32.2. The first-order chi connectivity index (χ1) is 20.3. The van der Waals surface area contributed by atoms with Crippen LogP contribution in [-0.2, 0) is 11.2 Å². The molecule has 3 aliphatic rings. The number of carbonyl (C=O) groups excluding carboxylic acids is 2. The Balaban J connectivity index is 1.50. The van der Waals surface area contributed by atoms with Crippen molar-refractivity contribution in [3.05, 3.63) is 53.7 Å². The first-order valence-corrected chi connectivity index (χ1v) is 15.8. The molecule has 10 heteroatoms. The van der Waals surface area contributed by atoms with Gasteiger partial charge in [-0.05, 0) is 62.9 Å². The Labute approximate surface area is 252 Å². The van der Waals surface area contributed by atoms with E-state index in [1.165, 1.54) is 11.6 Å². The molecular formula is C32H40N6O3S. The Morgan fingerprint density at radius 2 is 2.02 bits per heavy atom. The SMILES string of the molecule is C=CC(=O)N1CCN(c2nc(OCC3CCCN3C)nc(C(=O)[C@H]3CC(C)c4ccccc4S3)c2CC)CC1CC#N. The number of ketones is 1. The fourth-order valence-corrected chi connectivity index (χ4v) is 7.83. The summed E-state index contributed by atoms with van der Waals surface area (Å²) in [6.07, 6.45) is 4.97. The zero-order chi connectivity index (χ0) is 29.8. The topological polar surface area (TPSA) is 103 Å². The summed E-state index contributed by atoms with van der Waals surface area (Å²) in [7, 11) is 2.10. The average molecular weight is 589 g/mol. The summed E-state index contributed by atoms with van der Waals surface area (Å²) in [6, 6.07) is 10.7. The number of rotatable bonds is 9. The number of likely N-dealkylation sites (N-methyl/N-ethyl adjacent to an activating group) is 1. The number of hydrogen-bond donors (Lipinski definition) is 0. The molecule has 9 nitrogen and oxygen atoms in total. The molecule has 2 aromatic rings. The minimum atomic E-state index is -0.309. The number of nitrogens with zero attached hydrogens (tertiary/aromatic N) is 6. The number of Topliss-reactive ketones (excluding diaryl/α,β-unsaturated/α-hetero) is 1. The predicted octanol–water partition coefficient (Wildman–Crippen LogP) is 4.48. The highest BCUT2D eigenvalue weighted by Crippen LogP contribution is 2.43. The second-order valence-electron chi connectivity index (χ2n) is 11.4. The number of ether oxygens (including phenoxy) is 1. The van der Waals surface area contributed by atoms with Gasteiger partial charge in [0.05, 0.1) is 23.8 Å². The molecule has 42 heavy (non-hydrogen) atoms. The van der Waals surface area contributed by atoms with E-state index >= 15 is 0 Å². The van der Waals surface area contributed by atoms with E-state index in [9.17, 15) is 14.9 Å². The fraction of sp³-hybridized carbons (Fsp3) is 0.531.